The first kappa shape index (κ1) is 17.7. The number of aryl methyl sites for hydroxylation is 2. The third-order valence-corrected chi connectivity index (χ3v) is 4.14. The van der Waals surface area contributed by atoms with Gasteiger partial charge in [-0.3, -0.25) is 9.48 Å². The lowest BCUT2D eigenvalue weighted by molar-refractivity contribution is -0.120. The van der Waals surface area contributed by atoms with Crippen LogP contribution in [0.3, 0.4) is 0 Å². The Balaban J connectivity index is 1.90. The average Bonchev–Trinajstić information content (AvgIpc) is 2.92. The van der Waals surface area contributed by atoms with E-state index in [-0.39, 0.29) is 5.91 Å². The number of amides is 1. The zero-order valence-electron chi connectivity index (χ0n) is 13.6. The van der Waals surface area contributed by atoms with Crippen LogP contribution in [0.15, 0.2) is 41.1 Å². The predicted octanol–water partition coefficient (Wildman–Crippen LogP) is 3.34. The Kier molecular flexibility index (Phi) is 5.96. The van der Waals surface area contributed by atoms with E-state index in [9.17, 15) is 4.79 Å². The Hall–Kier alpha value is -1.66. The van der Waals surface area contributed by atoms with Crippen LogP contribution < -0.4 is 11.1 Å². The number of rotatable bonds is 7. The summed E-state index contributed by atoms with van der Waals surface area (Å²) in [5.74, 6) is -0.145. The summed E-state index contributed by atoms with van der Waals surface area (Å²) in [6.07, 6.45) is 6.15. The molecule has 5 nitrogen and oxygen atoms in total. The van der Waals surface area contributed by atoms with Crippen molar-refractivity contribution >= 4 is 27.5 Å². The molecule has 1 aromatic heterocycles. The van der Waals surface area contributed by atoms with E-state index in [4.69, 9.17) is 5.73 Å². The van der Waals surface area contributed by atoms with Crippen LogP contribution >= 0.6 is 15.9 Å². The molecule has 6 heteroatoms. The molecule has 0 radical (unpaired) electrons. The Labute approximate surface area is 145 Å². The molecule has 23 heavy (non-hydrogen) atoms. The third-order valence-electron chi connectivity index (χ3n) is 3.73. The van der Waals surface area contributed by atoms with Gasteiger partial charge >= 0.3 is 0 Å². The first-order chi connectivity index (χ1) is 10.9. The van der Waals surface area contributed by atoms with Gasteiger partial charge in [0.25, 0.3) is 0 Å². The van der Waals surface area contributed by atoms with Crippen LogP contribution in [0.4, 0.5) is 5.69 Å². The molecule has 3 N–H and O–H groups in total. The molecule has 0 saturated heterocycles. The molecule has 1 heterocycles. The fraction of sp³-hybridized carbons (Fsp3) is 0.412. The topological polar surface area (TPSA) is 72.9 Å². The number of carbonyl (C=O) groups is 1. The fourth-order valence-electron chi connectivity index (χ4n) is 2.37. The molecule has 1 atom stereocenters. The molecule has 1 aromatic carbocycles. The molecule has 0 aliphatic rings. The summed E-state index contributed by atoms with van der Waals surface area (Å²) >= 11 is 3.38. The highest BCUT2D eigenvalue weighted by atomic mass is 79.9. The van der Waals surface area contributed by atoms with Gasteiger partial charge in [0.2, 0.25) is 5.91 Å². The number of hydrogen-bond acceptors (Lipinski definition) is 3. The van der Waals surface area contributed by atoms with Crippen LogP contribution in [0.2, 0.25) is 0 Å². The van der Waals surface area contributed by atoms with Gasteiger partial charge in [0.1, 0.15) is 0 Å². The van der Waals surface area contributed by atoms with Gasteiger partial charge in [-0.25, -0.2) is 0 Å². The lowest BCUT2D eigenvalue weighted by atomic mass is 9.96. The van der Waals surface area contributed by atoms with Crippen LogP contribution in [0.25, 0.3) is 0 Å². The van der Waals surface area contributed by atoms with Crippen molar-refractivity contribution in [2.75, 3.05) is 5.32 Å². The Morgan fingerprint density at radius 3 is 2.65 bits per heavy atom. The molecular weight excluding hydrogens is 356 g/mol. The van der Waals surface area contributed by atoms with Crippen molar-refractivity contribution in [1.29, 1.82) is 0 Å². The molecule has 124 valence electrons. The standard InChI is InChI=1S/C17H23BrN4O/c1-3-9-17(2,19)16(23)21-15-6-4-13(5-7-15)8-10-22-12-14(18)11-20-22/h4-7,11-12H,3,8-10,19H2,1-2H3,(H,21,23). The van der Waals surface area contributed by atoms with Crippen molar-refractivity contribution in [3.63, 3.8) is 0 Å². The van der Waals surface area contributed by atoms with E-state index >= 15 is 0 Å². The van der Waals surface area contributed by atoms with E-state index in [0.29, 0.717) is 6.42 Å². The van der Waals surface area contributed by atoms with Crippen molar-refractivity contribution in [2.45, 2.75) is 45.2 Å². The van der Waals surface area contributed by atoms with E-state index in [1.165, 1.54) is 5.56 Å². The van der Waals surface area contributed by atoms with Crippen LogP contribution in [-0.4, -0.2) is 21.2 Å². The van der Waals surface area contributed by atoms with Gasteiger partial charge in [-0.15, -0.1) is 0 Å². The van der Waals surface area contributed by atoms with Crippen molar-refractivity contribution < 1.29 is 4.79 Å². The van der Waals surface area contributed by atoms with Gasteiger partial charge in [-0.2, -0.15) is 5.10 Å². The summed E-state index contributed by atoms with van der Waals surface area (Å²) in [6.45, 7) is 4.60. The molecular formula is C17H23BrN4O. The zero-order valence-corrected chi connectivity index (χ0v) is 15.1. The zero-order chi connectivity index (χ0) is 16.9. The minimum atomic E-state index is -0.832. The van der Waals surface area contributed by atoms with E-state index in [2.05, 4.69) is 26.3 Å². The largest absolute Gasteiger partial charge is 0.325 e. The normalized spacial score (nSPS) is 13.6. The summed E-state index contributed by atoms with van der Waals surface area (Å²) in [4.78, 5) is 12.2. The number of benzene rings is 1. The molecule has 1 amide bonds. The van der Waals surface area contributed by atoms with Crippen LogP contribution in [0.5, 0.6) is 0 Å². The van der Waals surface area contributed by atoms with Gasteiger partial charge in [0.15, 0.2) is 0 Å². The van der Waals surface area contributed by atoms with Crippen molar-refractivity contribution in [3.05, 3.63) is 46.7 Å². The number of nitrogens with one attached hydrogen (secondary N) is 1. The van der Waals surface area contributed by atoms with Gasteiger partial charge in [-0.1, -0.05) is 25.5 Å². The quantitative estimate of drug-likeness (QED) is 0.775. The van der Waals surface area contributed by atoms with E-state index in [0.717, 1.165) is 29.5 Å². The van der Waals surface area contributed by atoms with Gasteiger partial charge in [0.05, 0.1) is 16.2 Å². The van der Waals surface area contributed by atoms with Crippen molar-refractivity contribution in [3.8, 4) is 0 Å². The summed E-state index contributed by atoms with van der Waals surface area (Å²) in [6, 6.07) is 7.85. The summed E-state index contributed by atoms with van der Waals surface area (Å²) in [5, 5.41) is 7.11. The smallest absolute Gasteiger partial charge is 0.244 e. The molecule has 2 rings (SSSR count). The number of hydrogen-bond donors (Lipinski definition) is 2. The molecule has 0 saturated carbocycles. The Bertz CT molecular complexity index is 649. The molecule has 0 fully saturated rings. The fourth-order valence-corrected chi connectivity index (χ4v) is 2.69. The number of nitrogens with zero attached hydrogens (tertiary/aromatic N) is 2. The lowest BCUT2D eigenvalue weighted by Gasteiger charge is -2.22. The second-order valence-electron chi connectivity index (χ2n) is 5.99. The summed E-state index contributed by atoms with van der Waals surface area (Å²) in [7, 11) is 0. The third kappa shape index (κ3) is 5.18. The average molecular weight is 379 g/mol. The second-order valence-corrected chi connectivity index (χ2v) is 6.91. The Morgan fingerprint density at radius 1 is 1.39 bits per heavy atom. The lowest BCUT2D eigenvalue weighted by Crippen LogP contribution is -2.48. The molecule has 0 aliphatic heterocycles. The predicted molar refractivity (Wildman–Crippen MR) is 96.2 cm³/mol. The number of carbonyl (C=O) groups excluding carboxylic acids is 1. The number of anilines is 1. The van der Waals surface area contributed by atoms with Gasteiger partial charge in [0, 0.05) is 18.4 Å². The van der Waals surface area contributed by atoms with Crippen LogP contribution in [0, 0.1) is 0 Å². The first-order valence-electron chi connectivity index (χ1n) is 7.78. The highest BCUT2D eigenvalue weighted by Gasteiger charge is 2.26. The molecule has 1 unspecified atom stereocenters. The minimum Gasteiger partial charge on any atom is -0.325 e. The van der Waals surface area contributed by atoms with Crippen molar-refractivity contribution in [2.24, 2.45) is 5.73 Å². The monoisotopic (exact) mass is 378 g/mol. The highest BCUT2D eigenvalue weighted by Crippen LogP contribution is 2.15. The van der Waals surface area contributed by atoms with Crippen LogP contribution in [-0.2, 0) is 17.8 Å². The summed E-state index contributed by atoms with van der Waals surface area (Å²) in [5.41, 5.74) is 7.17. The van der Waals surface area contributed by atoms with E-state index < -0.39 is 5.54 Å². The second kappa shape index (κ2) is 7.75. The first-order valence-corrected chi connectivity index (χ1v) is 8.57. The van der Waals surface area contributed by atoms with Crippen molar-refractivity contribution in [1.82, 2.24) is 9.78 Å². The summed E-state index contributed by atoms with van der Waals surface area (Å²) < 4.78 is 2.87. The van der Waals surface area contributed by atoms with E-state index in [1.54, 1.807) is 13.1 Å². The maximum absolute atomic E-state index is 12.2. The highest BCUT2D eigenvalue weighted by molar-refractivity contribution is 9.10. The van der Waals surface area contributed by atoms with Gasteiger partial charge < -0.3 is 11.1 Å². The van der Waals surface area contributed by atoms with E-state index in [1.807, 2.05) is 42.1 Å². The molecule has 0 bridgehead atoms. The SMILES string of the molecule is CCCC(C)(N)C(=O)Nc1ccc(CCn2cc(Br)cn2)cc1. The minimum absolute atomic E-state index is 0.145. The number of aromatic nitrogens is 2. The molecule has 0 spiro atoms. The Morgan fingerprint density at radius 2 is 2.09 bits per heavy atom. The molecule has 2 aromatic rings. The maximum Gasteiger partial charge on any atom is 0.244 e. The number of halogens is 1. The molecule has 0 aliphatic carbocycles. The number of nitrogens with two attached hydrogens (primary N) is 1. The van der Waals surface area contributed by atoms with Gasteiger partial charge in [-0.05, 0) is 53.4 Å². The maximum atomic E-state index is 12.2. The van der Waals surface area contributed by atoms with Crippen LogP contribution in [0.1, 0.15) is 32.3 Å².